The second kappa shape index (κ2) is 5.74. The quantitative estimate of drug-likeness (QED) is 0.800. The molecule has 7 nitrogen and oxygen atoms in total. The number of H-pyrrole nitrogens is 1. The number of aromatic nitrogens is 5. The lowest BCUT2D eigenvalue weighted by atomic mass is 10.1. The third-order valence-corrected chi connectivity index (χ3v) is 4.69. The molecule has 0 unspecified atom stereocenters. The minimum Gasteiger partial charge on any atom is -0.334 e. The molecule has 0 aliphatic carbocycles. The maximum atomic E-state index is 12.9. The zero-order valence-corrected chi connectivity index (χ0v) is 13.9. The molecule has 1 aliphatic heterocycles. The van der Waals surface area contributed by atoms with Crippen LogP contribution in [-0.2, 0) is 6.54 Å². The number of fused-ring (bicyclic) bond motifs is 1. The van der Waals surface area contributed by atoms with Crippen molar-refractivity contribution in [3.63, 3.8) is 0 Å². The van der Waals surface area contributed by atoms with Crippen LogP contribution in [0.25, 0.3) is 11.0 Å². The molecule has 0 radical (unpaired) electrons. The summed E-state index contributed by atoms with van der Waals surface area (Å²) in [5, 5.41) is 15.2. The van der Waals surface area contributed by atoms with E-state index in [0.29, 0.717) is 5.56 Å². The molecule has 0 bridgehead atoms. The van der Waals surface area contributed by atoms with Crippen molar-refractivity contribution in [2.75, 3.05) is 6.54 Å². The standard InChI is InChI=1S/C17H20N6O/c1-11-8-12(2)23(20-11)10-14-4-3-7-22(14)17(24)13-5-6-15-16(9-13)19-21-18-15/h5-6,8-9,14H,3-4,7,10H2,1-2H3,(H,18,19,21)/t14-/m1/s1. The first kappa shape index (κ1) is 14.9. The van der Waals surface area contributed by atoms with Gasteiger partial charge in [0.05, 0.1) is 18.3 Å². The van der Waals surface area contributed by atoms with Gasteiger partial charge in [0, 0.05) is 17.8 Å². The Morgan fingerprint density at radius 1 is 1.25 bits per heavy atom. The van der Waals surface area contributed by atoms with Crippen LogP contribution in [0.1, 0.15) is 34.6 Å². The molecule has 1 aromatic carbocycles. The summed E-state index contributed by atoms with van der Waals surface area (Å²) < 4.78 is 2.01. The van der Waals surface area contributed by atoms with E-state index in [4.69, 9.17) is 0 Å². The molecule has 1 atom stereocenters. The number of carbonyl (C=O) groups excluding carboxylic acids is 1. The maximum absolute atomic E-state index is 12.9. The highest BCUT2D eigenvalue weighted by atomic mass is 16.2. The summed E-state index contributed by atoms with van der Waals surface area (Å²) in [6.07, 6.45) is 2.04. The monoisotopic (exact) mass is 324 g/mol. The van der Waals surface area contributed by atoms with Crippen LogP contribution < -0.4 is 0 Å². The van der Waals surface area contributed by atoms with Gasteiger partial charge in [0.25, 0.3) is 5.91 Å². The Hall–Kier alpha value is -2.70. The fourth-order valence-electron chi connectivity index (χ4n) is 3.49. The van der Waals surface area contributed by atoms with E-state index in [1.54, 1.807) is 6.07 Å². The van der Waals surface area contributed by atoms with Gasteiger partial charge in [-0.2, -0.15) is 20.5 Å². The Labute approximate surface area is 139 Å². The molecule has 1 N–H and O–H groups in total. The number of rotatable bonds is 3. The van der Waals surface area contributed by atoms with Gasteiger partial charge in [-0.25, -0.2) is 0 Å². The SMILES string of the molecule is Cc1cc(C)n(C[C@H]2CCCN2C(=O)c2ccc3n[nH]nc3c2)n1. The minimum absolute atomic E-state index is 0.0592. The summed E-state index contributed by atoms with van der Waals surface area (Å²) in [4.78, 5) is 14.9. The predicted octanol–water partition coefficient (Wildman–Crippen LogP) is 2.08. The summed E-state index contributed by atoms with van der Waals surface area (Å²) in [5.41, 5.74) is 4.30. The Kier molecular flexibility index (Phi) is 3.55. The van der Waals surface area contributed by atoms with Crippen molar-refractivity contribution in [3.05, 3.63) is 41.2 Å². The largest absolute Gasteiger partial charge is 0.334 e. The van der Waals surface area contributed by atoms with Crippen molar-refractivity contribution in [1.82, 2.24) is 30.1 Å². The highest BCUT2D eigenvalue weighted by molar-refractivity contribution is 5.97. The van der Waals surface area contributed by atoms with Crippen molar-refractivity contribution >= 4 is 16.9 Å². The summed E-state index contributed by atoms with van der Waals surface area (Å²) in [7, 11) is 0. The molecule has 0 spiro atoms. The van der Waals surface area contributed by atoms with E-state index in [1.165, 1.54) is 0 Å². The average Bonchev–Trinajstić information content (AvgIpc) is 3.27. The van der Waals surface area contributed by atoms with E-state index < -0.39 is 0 Å². The molecule has 3 aromatic rings. The van der Waals surface area contributed by atoms with E-state index in [1.807, 2.05) is 28.6 Å². The van der Waals surface area contributed by atoms with Gasteiger partial charge in [-0.15, -0.1) is 0 Å². The molecule has 0 saturated carbocycles. The summed E-state index contributed by atoms with van der Waals surface area (Å²) >= 11 is 0. The Bertz CT molecular complexity index is 896. The highest BCUT2D eigenvalue weighted by Crippen LogP contribution is 2.23. The van der Waals surface area contributed by atoms with Crippen molar-refractivity contribution in [3.8, 4) is 0 Å². The van der Waals surface area contributed by atoms with Gasteiger partial charge >= 0.3 is 0 Å². The Balaban J connectivity index is 1.57. The van der Waals surface area contributed by atoms with E-state index in [9.17, 15) is 4.79 Å². The van der Waals surface area contributed by atoms with Crippen LogP contribution in [-0.4, -0.2) is 48.6 Å². The molecule has 1 amide bonds. The van der Waals surface area contributed by atoms with Gasteiger partial charge in [0.2, 0.25) is 0 Å². The molecule has 3 heterocycles. The summed E-state index contributed by atoms with van der Waals surface area (Å²) in [6, 6.07) is 7.72. The zero-order valence-electron chi connectivity index (χ0n) is 13.9. The summed E-state index contributed by atoms with van der Waals surface area (Å²) in [6.45, 7) is 5.59. The Morgan fingerprint density at radius 3 is 2.88 bits per heavy atom. The number of carbonyl (C=O) groups is 1. The molecule has 1 saturated heterocycles. The molecule has 1 fully saturated rings. The number of likely N-dealkylation sites (tertiary alicyclic amines) is 1. The van der Waals surface area contributed by atoms with Crippen LogP contribution in [0.2, 0.25) is 0 Å². The maximum Gasteiger partial charge on any atom is 0.254 e. The number of amides is 1. The van der Waals surface area contributed by atoms with Gasteiger partial charge in [0.1, 0.15) is 11.0 Å². The third-order valence-electron chi connectivity index (χ3n) is 4.69. The molecule has 1 aliphatic rings. The van der Waals surface area contributed by atoms with E-state index in [0.717, 1.165) is 48.4 Å². The number of aromatic amines is 1. The lowest BCUT2D eigenvalue weighted by molar-refractivity contribution is 0.0721. The molecule has 7 heteroatoms. The van der Waals surface area contributed by atoms with Crippen molar-refractivity contribution in [2.45, 2.75) is 39.3 Å². The van der Waals surface area contributed by atoms with Crippen LogP contribution >= 0.6 is 0 Å². The first-order valence-electron chi connectivity index (χ1n) is 8.24. The van der Waals surface area contributed by atoms with Crippen LogP contribution in [0, 0.1) is 13.8 Å². The lowest BCUT2D eigenvalue weighted by Gasteiger charge is -2.25. The summed E-state index contributed by atoms with van der Waals surface area (Å²) in [5.74, 6) is 0.0592. The number of nitrogens with zero attached hydrogens (tertiary/aromatic N) is 5. The molecule has 2 aromatic heterocycles. The minimum atomic E-state index is 0.0592. The average molecular weight is 324 g/mol. The van der Waals surface area contributed by atoms with Crippen molar-refractivity contribution < 1.29 is 4.79 Å². The molecular weight excluding hydrogens is 304 g/mol. The predicted molar refractivity (Wildman–Crippen MR) is 89.6 cm³/mol. The van der Waals surface area contributed by atoms with E-state index in [2.05, 4.69) is 33.5 Å². The van der Waals surface area contributed by atoms with E-state index >= 15 is 0 Å². The van der Waals surface area contributed by atoms with Crippen LogP contribution in [0.15, 0.2) is 24.3 Å². The second-order valence-electron chi connectivity index (χ2n) is 6.43. The van der Waals surface area contributed by atoms with Crippen LogP contribution in [0.3, 0.4) is 0 Å². The van der Waals surface area contributed by atoms with Gasteiger partial charge in [-0.3, -0.25) is 9.48 Å². The van der Waals surface area contributed by atoms with Crippen molar-refractivity contribution in [1.29, 1.82) is 0 Å². The van der Waals surface area contributed by atoms with Crippen LogP contribution in [0.5, 0.6) is 0 Å². The molecular formula is C17H20N6O. The number of hydrogen-bond acceptors (Lipinski definition) is 4. The normalized spacial score (nSPS) is 17.8. The number of benzene rings is 1. The van der Waals surface area contributed by atoms with E-state index in [-0.39, 0.29) is 11.9 Å². The number of hydrogen-bond donors (Lipinski definition) is 1. The molecule has 4 rings (SSSR count). The molecule has 24 heavy (non-hydrogen) atoms. The van der Waals surface area contributed by atoms with Gasteiger partial charge in [-0.1, -0.05) is 0 Å². The number of aryl methyl sites for hydroxylation is 2. The topological polar surface area (TPSA) is 79.7 Å². The van der Waals surface area contributed by atoms with Gasteiger partial charge in [0.15, 0.2) is 0 Å². The molecule has 124 valence electrons. The second-order valence-corrected chi connectivity index (χ2v) is 6.43. The third kappa shape index (κ3) is 2.55. The fraction of sp³-hybridized carbons (Fsp3) is 0.412. The van der Waals surface area contributed by atoms with Gasteiger partial charge < -0.3 is 4.90 Å². The smallest absolute Gasteiger partial charge is 0.254 e. The van der Waals surface area contributed by atoms with Crippen LogP contribution in [0.4, 0.5) is 0 Å². The first-order valence-corrected chi connectivity index (χ1v) is 8.24. The number of nitrogens with one attached hydrogen (secondary N) is 1. The lowest BCUT2D eigenvalue weighted by Crippen LogP contribution is -2.38. The highest BCUT2D eigenvalue weighted by Gasteiger charge is 2.30. The van der Waals surface area contributed by atoms with Gasteiger partial charge in [-0.05, 0) is 51.0 Å². The Morgan fingerprint density at radius 2 is 2.08 bits per heavy atom. The zero-order chi connectivity index (χ0) is 16.7. The fourth-order valence-corrected chi connectivity index (χ4v) is 3.49. The first-order chi connectivity index (χ1) is 11.6. The van der Waals surface area contributed by atoms with Crippen molar-refractivity contribution in [2.24, 2.45) is 0 Å².